The van der Waals surface area contributed by atoms with Crippen molar-refractivity contribution in [1.29, 1.82) is 0 Å². The van der Waals surface area contributed by atoms with Crippen LogP contribution < -0.4 is 5.73 Å². The van der Waals surface area contributed by atoms with Gasteiger partial charge in [-0.05, 0) is 33.0 Å². The number of rotatable bonds is 7. The monoisotopic (exact) mass is 392 g/mol. The Bertz CT molecular complexity index is 484. The molecule has 27 heavy (non-hydrogen) atoms. The summed E-state index contributed by atoms with van der Waals surface area (Å²) in [5.74, 6) is -4.33. The lowest BCUT2D eigenvalue weighted by atomic mass is 9.90. The first-order chi connectivity index (χ1) is 12.4. The number of nitrogens with zero attached hydrogens (tertiary/aromatic N) is 1. The van der Waals surface area contributed by atoms with Gasteiger partial charge in [-0.2, -0.15) is 0 Å². The third kappa shape index (κ3) is 10.7. The topological polar surface area (TPSA) is 182 Å². The Hall–Kier alpha value is -2.01. The molecule has 0 bridgehead atoms. The van der Waals surface area contributed by atoms with Gasteiger partial charge in [0.1, 0.15) is 0 Å². The largest absolute Gasteiger partial charge is 0.481 e. The van der Waals surface area contributed by atoms with Gasteiger partial charge in [-0.3, -0.25) is 4.79 Å². The lowest BCUT2D eigenvalue weighted by Gasteiger charge is -2.15. The molecule has 1 aliphatic rings. The second-order valence-corrected chi connectivity index (χ2v) is 6.14. The maximum atomic E-state index is 10.6. The molecular weight excluding hydrogens is 360 g/mol. The summed E-state index contributed by atoms with van der Waals surface area (Å²) in [5.41, 5.74) is 4.78. The quantitative estimate of drug-likeness (QED) is 0.311. The van der Waals surface area contributed by atoms with Crippen LogP contribution in [0.15, 0.2) is 12.2 Å². The number of hydrogen-bond donors (Lipinski definition) is 6. The van der Waals surface area contributed by atoms with Crippen molar-refractivity contribution >= 4 is 17.9 Å². The third-order valence-electron chi connectivity index (χ3n) is 4.01. The first-order valence-corrected chi connectivity index (χ1v) is 8.58. The maximum absolute atomic E-state index is 10.6. The van der Waals surface area contributed by atoms with Crippen LogP contribution in [0.4, 0.5) is 0 Å². The predicted octanol–water partition coefficient (Wildman–Crippen LogP) is -0.410. The van der Waals surface area contributed by atoms with Gasteiger partial charge in [-0.15, -0.1) is 0 Å². The molecule has 0 saturated heterocycles. The van der Waals surface area contributed by atoms with E-state index in [9.17, 15) is 14.4 Å². The minimum Gasteiger partial charge on any atom is -0.481 e. The van der Waals surface area contributed by atoms with E-state index in [-0.39, 0.29) is 6.04 Å². The molecule has 0 aromatic carbocycles. The molecule has 158 valence electrons. The second kappa shape index (κ2) is 13.2. The molecule has 0 aliphatic heterocycles. The average Bonchev–Trinajstić information content (AvgIpc) is 2.96. The lowest BCUT2D eigenvalue weighted by Crippen LogP contribution is -2.39. The zero-order valence-corrected chi connectivity index (χ0v) is 16.2. The average molecular weight is 392 g/mol. The number of hydrogen-bond acceptors (Lipinski definition) is 7. The van der Waals surface area contributed by atoms with E-state index >= 15 is 0 Å². The summed E-state index contributed by atoms with van der Waals surface area (Å²) in [4.78, 5) is 32.5. The van der Waals surface area contributed by atoms with E-state index in [1.54, 1.807) is 19.1 Å². The molecule has 0 fully saturated rings. The van der Waals surface area contributed by atoms with E-state index in [0.29, 0.717) is 6.42 Å². The Morgan fingerprint density at radius 1 is 1.04 bits per heavy atom. The molecule has 7 N–H and O–H groups in total. The lowest BCUT2D eigenvalue weighted by molar-refractivity contribution is -0.165. The van der Waals surface area contributed by atoms with Crippen LogP contribution in [-0.4, -0.2) is 86.2 Å². The van der Waals surface area contributed by atoms with Crippen molar-refractivity contribution in [2.45, 2.75) is 52.4 Å². The van der Waals surface area contributed by atoms with Crippen LogP contribution in [-0.2, 0) is 14.4 Å². The molecule has 4 atom stereocenters. The SMILES string of the molecule is CC1(C(=O)O)C=CC(N)C1.CCN(CC)CC.O=C(O)C(O)C(O)C(=O)O. The molecule has 0 radical (unpaired) electrons. The van der Waals surface area contributed by atoms with Gasteiger partial charge >= 0.3 is 17.9 Å². The number of carboxylic acid groups (broad SMARTS) is 3. The Morgan fingerprint density at radius 2 is 1.41 bits per heavy atom. The van der Waals surface area contributed by atoms with Gasteiger partial charge in [0.25, 0.3) is 0 Å². The van der Waals surface area contributed by atoms with Crippen molar-refractivity contribution in [3.8, 4) is 0 Å². The molecule has 0 aromatic rings. The summed E-state index contributed by atoms with van der Waals surface area (Å²) in [5, 5.41) is 41.2. The molecule has 4 unspecified atom stereocenters. The van der Waals surface area contributed by atoms with Crippen molar-refractivity contribution in [2.75, 3.05) is 19.6 Å². The fourth-order valence-electron chi connectivity index (χ4n) is 2.06. The molecule has 0 heterocycles. The number of aliphatic hydroxyl groups excluding tert-OH is 2. The highest BCUT2D eigenvalue weighted by Crippen LogP contribution is 2.30. The fraction of sp³-hybridized carbons (Fsp3) is 0.706. The van der Waals surface area contributed by atoms with Crippen molar-refractivity contribution in [2.24, 2.45) is 11.1 Å². The van der Waals surface area contributed by atoms with E-state index in [1.165, 1.54) is 19.6 Å². The predicted molar refractivity (Wildman–Crippen MR) is 98.2 cm³/mol. The summed E-state index contributed by atoms with van der Waals surface area (Å²) in [7, 11) is 0. The van der Waals surface area contributed by atoms with Crippen molar-refractivity contribution in [3.05, 3.63) is 12.2 Å². The normalized spacial score (nSPS) is 22.7. The molecule has 0 saturated carbocycles. The van der Waals surface area contributed by atoms with Gasteiger partial charge in [-0.1, -0.05) is 32.9 Å². The van der Waals surface area contributed by atoms with Crippen LogP contribution in [0.2, 0.25) is 0 Å². The highest BCUT2D eigenvalue weighted by molar-refractivity contribution is 5.83. The molecule has 10 heteroatoms. The van der Waals surface area contributed by atoms with Crippen molar-refractivity contribution < 1.29 is 39.9 Å². The molecular formula is C17H32N2O8. The number of aliphatic carboxylic acids is 3. The van der Waals surface area contributed by atoms with Crippen LogP contribution >= 0.6 is 0 Å². The van der Waals surface area contributed by atoms with Gasteiger partial charge in [0.15, 0.2) is 12.2 Å². The van der Waals surface area contributed by atoms with Gasteiger partial charge in [0.05, 0.1) is 5.41 Å². The van der Waals surface area contributed by atoms with E-state index < -0.39 is 35.5 Å². The molecule has 1 aliphatic carbocycles. The molecule has 10 nitrogen and oxygen atoms in total. The van der Waals surface area contributed by atoms with E-state index in [0.717, 1.165) is 0 Å². The zero-order chi connectivity index (χ0) is 21.8. The number of nitrogens with two attached hydrogens (primary N) is 1. The van der Waals surface area contributed by atoms with E-state index in [1.807, 2.05) is 0 Å². The molecule has 0 aromatic heterocycles. The Kier molecular flexibility index (Phi) is 13.3. The summed E-state index contributed by atoms with van der Waals surface area (Å²) in [6.45, 7) is 11.8. The first-order valence-electron chi connectivity index (χ1n) is 8.58. The van der Waals surface area contributed by atoms with Crippen molar-refractivity contribution in [3.63, 3.8) is 0 Å². The highest BCUT2D eigenvalue weighted by Gasteiger charge is 2.35. The number of carboxylic acids is 3. The van der Waals surface area contributed by atoms with E-state index in [4.69, 9.17) is 31.3 Å². The summed E-state index contributed by atoms with van der Waals surface area (Å²) in [6.07, 6.45) is -0.605. The highest BCUT2D eigenvalue weighted by atomic mass is 16.4. The maximum Gasteiger partial charge on any atom is 0.335 e. The van der Waals surface area contributed by atoms with Gasteiger partial charge in [-0.25, -0.2) is 9.59 Å². The second-order valence-electron chi connectivity index (χ2n) is 6.14. The minimum absolute atomic E-state index is 0.0823. The fourth-order valence-corrected chi connectivity index (χ4v) is 2.06. The summed E-state index contributed by atoms with van der Waals surface area (Å²) < 4.78 is 0. The van der Waals surface area contributed by atoms with Crippen molar-refractivity contribution in [1.82, 2.24) is 4.90 Å². The zero-order valence-electron chi connectivity index (χ0n) is 16.2. The molecule has 1 rings (SSSR count). The Morgan fingerprint density at radius 3 is 1.52 bits per heavy atom. The smallest absolute Gasteiger partial charge is 0.335 e. The third-order valence-corrected chi connectivity index (χ3v) is 4.01. The number of carbonyl (C=O) groups is 3. The van der Waals surface area contributed by atoms with E-state index in [2.05, 4.69) is 25.7 Å². The van der Waals surface area contributed by atoms with Crippen LogP contribution in [0, 0.1) is 5.41 Å². The Labute approximate surface area is 158 Å². The van der Waals surface area contributed by atoms with Gasteiger partial charge < -0.3 is 36.2 Å². The summed E-state index contributed by atoms with van der Waals surface area (Å²) in [6, 6.07) is -0.0823. The van der Waals surface area contributed by atoms with Crippen LogP contribution in [0.3, 0.4) is 0 Å². The summed E-state index contributed by atoms with van der Waals surface area (Å²) >= 11 is 0. The molecule has 0 spiro atoms. The van der Waals surface area contributed by atoms with Gasteiger partial charge in [0, 0.05) is 6.04 Å². The van der Waals surface area contributed by atoms with Crippen LogP contribution in [0.1, 0.15) is 34.1 Å². The standard InChI is InChI=1S/C7H11NO2.C6H15N.C4H6O6/c1-7(6(9)10)3-2-5(8)4-7;1-4-7(5-2)6-3;5-1(3(7)8)2(6)4(9)10/h2-3,5H,4,8H2,1H3,(H,9,10);4-6H2,1-3H3;1-2,5-6H,(H,7,8)(H,9,10). The minimum atomic E-state index is -2.27. The van der Waals surface area contributed by atoms with Gasteiger partial charge in [0.2, 0.25) is 0 Å². The Balaban J connectivity index is 0. The van der Waals surface area contributed by atoms with Crippen LogP contribution in [0.5, 0.6) is 0 Å². The molecule has 0 amide bonds. The first kappa shape index (κ1) is 27.2. The van der Waals surface area contributed by atoms with Crippen LogP contribution in [0.25, 0.3) is 0 Å². The number of aliphatic hydroxyl groups is 2.